The molecule has 0 spiro atoms. The van der Waals surface area contributed by atoms with Crippen molar-refractivity contribution in [2.45, 2.75) is 19.4 Å². The van der Waals surface area contributed by atoms with Crippen LogP contribution in [0.2, 0.25) is 0 Å². The van der Waals surface area contributed by atoms with Gasteiger partial charge in [0.2, 0.25) is 0 Å². The van der Waals surface area contributed by atoms with Gasteiger partial charge >= 0.3 is 0 Å². The molecule has 104 valence electrons. The lowest BCUT2D eigenvalue weighted by Gasteiger charge is -2.36. The van der Waals surface area contributed by atoms with E-state index in [1.54, 1.807) is 12.0 Å². The van der Waals surface area contributed by atoms with Crippen molar-refractivity contribution in [2.75, 3.05) is 25.9 Å². The summed E-state index contributed by atoms with van der Waals surface area (Å²) >= 11 is 0. The first-order valence-electron chi connectivity index (χ1n) is 6.40. The van der Waals surface area contributed by atoms with E-state index in [0.717, 1.165) is 6.42 Å². The Morgan fingerprint density at radius 3 is 2.89 bits per heavy atom. The van der Waals surface area contributed by atoms with Gasteiger partial charge in [-0.05, 0) is 30.5 Å². The average Bonchev–Trinajstić information content (AvgIpc) is 2.41. The summed E-state index contributed by atoms with van der Waals surface area (Å²) in [7, 11) is 1.66. The van der Waals surface area contributed by atoms with Crippen LogP contribution in [0, 0.1) is 11.7 Å². The highest BCUT2D eigenvalue weighted by Crippen LogP contribution is 2.22. The highest BCUT2D eigenvalue weighted by Gasteiger charge is 2.29. The molecule has 1 saturated heterocycles. The lowest BCUT2D eigenvalue weighted by atomic mass is 9.95. The third-order valence-electron chi connectivity index (χ3n) is 3.72. The minimum atomic E-state index is -0.501. The van der Waals surface area contributed by atoms with Crippen LogP contribution in [0.1, 0.15) is 23.7 Å². The minimum absolute atomic E-state index is 0.000445. The molecule has 2 atom stereocenters. The van der Waals surface area contributed by atoms with E-state index >= 15 is 0 Å². The molecule has 1 fully saturated rings. The molecule has 1 aromatic carbocycles. The first kappa shape index (κ1) is 13.8. The van der Waals surface area contributed by atoms with Gasteiger partial charge in [0.05, 0.1) is 11.8 Å². The van der Waals surface area contributed by atoms with E-state index in [2.05, 4.69) is 6.92 Å². The largest absolute Gasteiger partial charge is 0.396 e. The Labute approximate surface area is 112 Å². The number of carbonyl (C=O) groups excluding carboxylic acids is 1. The van der Waals surface area contributed by atoms with Gasteiger partial charge in [0, 0.05) is 25.8 Å². The zero-order valence-corrected chi connectivity index (χ0v) is 11.2. The molecule has 4 nitrogen and oxygen atoms in total. The number of nitrogens with zero attached hydrogens (tertiary/aromatic N) is 1. The van der Waals surface area contributed by atoms with Crippen molar-refractivity contribution in [2.24, 2.45) is 5.92 Å². The molecule has 1 aliphatic rings. The Hall–Kier alpha value is -1.62. The second-order valence-electron chi connectivity index (χ2n) is 5.03. The Morgan fingerprint density at radius 1 is 1.53 bits per heavy atom. The second kappa shape index (κ2) is 5.57. The summed E-state index contributed by atoms with van der Waals surface area (Å²) < 4.78 is 18.5. The van der Waals surface area contributed by atoms with Crippen molar-refractivity contribution in [1.82, 2.24) is 4.90 Å². The van der Waals surface area contributed by atoms with Crippen LogP contribution in [0.25, 0.3) is 0 Å². The molecule has 0 radical (unpaired) electrons. The molecule has 1 heterocycles. The van der Waals surface area contributed by atoms with Crippen molar-refractivity contribution in [3.05, 3.63) is 29.6 Å². The fraction of sp³-hybridized carbons (Fsp3) is 0.500. The molecule has 0 aromatic heterocycles. The number of likely N-dealkylation sites (tertiary alicyclic amines) is 1. The van der Waals surface area contributed by atoms with Crippen LogP contribution in [-0.4, -0.2) is 37.1 Å². The van der Waals surface area contributed by atoms with E-state index < -0.39 is 5.82 Å². The lowest BCUT2D eigenvalue weighted by molar-refractivity contribution is -0.00156. The van der Waals surface area contributed by atoms with E-state index in [4.69, 9.17) is 10.5 Å². The standard InChI is InChI=1S/C14H19FN2O2/c1-9-5-6-17(8-13(9)19-2)14(18)10-3-4-11(15)12(16)7-10/h3-4,7,9,13H,5-6,8,16H2,1-2H3. The van der Waals surface area contributed by atoms with E-state index in [9.17, 15) is 9.18 Å². The monoisotopic (exact) mass is 266 g/mol. The average molecular weight is 266 g/mol. The maximum absolute atomic E-state index is 13.1. The molecule has 1 amide bonds. The van der Waals surface area contributed by atoms with Crippen LogP contribution in [-0.2, 0) is 4.74 Å². The summed E-state index contributed by atoms with van der Waals surface area (Å²) in [6.07, 6.45) is 0.955. The molecule has 2 N–H and O–H groups in total. The van der Waals surface area contributed by atoms with E-state index in [1.807, 2.05) is 0 Å². The number of benzene rings is 1. The molecule has 0 bridgehead atoms. The Morgan fingerprint density at radius 2 is 2.26 bits per heavy atom. The first-order valence-corrected chi connectivity index (χ1v) is 6.40. The quantitative estimate of drug-likeness (QED) is 0.832. The van der Waals surface area contributed by atoms with Gasteiger partial charge < -0.3 is 15.4 Å². The third-order valence-corrected chi connectivity index (χ3v) is 3.72. The van der Waals surface area contributed by atoms with Crippen LogP contribution in [0.5, 0.6) is 0 Å². The zero-order valence-electron chi connectivity index (χ0n) is 11.2. The second-order valence-corrected chi connectivity index (χ2v) is 5.03. The molecule has 2 rings (SSSR count). The summed E-state index contributed by atoms with van der Waals surface area (Å²) in [5.41, 5.74) is 5.91. The topological polar surface area (TPSA) is 55.6 Å². The normalized spacial score (nSPS) is 23.4. The van der Waals surface area contributed by atoms with E-state index in [-0.39, 0.29) is 17.7 Å². The number of anilines is 1. The molecule has 5 heteroatoms. The van der Waals surface area contributed by atoms with Gasteiger partial charge in [0.1, 0.15) is 5.82 Å². The number of carbonyl (C=O) groups is 1. The maximum atomic E-state index is 13.1. The fourth-order valence-corrected chi connectivity index (χ4v) is 2.38. The van der Waals surface area contributed by atoms with E-state index in [1.165, 1.54) is 18.2 Å². The molecule has 1 aliphatic heterocycles. The van der Waals surface area contributed by atoms with Crippen LogP contribution in [0.3, 0.4) is 0 Å². The molecule has 0 saturated carbocycles. The molecular weight excluding hydrogens is 247 g/mol. The van der Waals surface area contributed by atoms with Crippen molar-refractivity contribution >= 4 is 11.6 Å². The minimum Gasteiger partial charge on any atom is -0.396 e. The number of methoxy groups -OCH3 is 1. The molecule has 19 heavy (non-hydrogen) atoms. The van der Waals surface area contributed by atoms with Crippen molar-refractivity contribution < 1.29 is 13.9 Å². The van der Waals surface area contributed by atoms with Gasteiger partial charge in [-0.2, -0.15) is 0 Å². The van der Waals surface area contributed by atoms with Crippen LogP contribution < -0.4 is 5.73 Å². The van der Waals surface area contributed by atoms with Gasteiger partial charge in [-0.1, -0.05) is 6.92 Å². The summed E-state index contributed by atoms with van der Waals surface area (Å²) in [6.45, 7) is 3.37. The van der Waals surface area contributed by atoms with Gasteiger partial charge in [-0.25, -0.2) is 4.39 Å². The third kappa shape index (κ3) is 2.87. The highest BCUT2D eigenvalue weighted by atomic mass is 19.1. The highest BCUT2D eigenvalue weighted by molar-refractivity contribution is 5.95. The van der Waals surface area contributed by atoms with Crippen molar-refractivity contribution in [1.29, 1.82) is 0 Å². The maximum Gasteiger partial charge on any atom is 0.254 e. The summed E-state index contributed by atoms with van der Waals surface area (Å²) in [5, 5.41) is 0. The number of rotatable bonds is 2. The predicted molar refractivity (Wildman–Crippen MR) is 71.3 cm³/mol. The van der Waals surface area contributed by atoms with Gasteiger partial charge in [-0.15, -0.1) is 0 Å². The number of piperidine rings is 1. The van der Waals surface area contributed by atoms with Crippen molar-refractivity contribution in [3.63, 3.8) is 0 Å². The molecule has 0 aliphatic carbocycles. The number of amides is 1. The number of hydrogen-bond acceptors (Lipinski definition) is 3. The fourth-order valence-electron chi connectivity index (χ4n) is 2.38. The number of nitrogen functional groups attached to an aromatic ring is 1. The summed E-state index contributed by atoms with van der Waals surface area (Å²) in [6, 6.07) is 4.08. The predicted octanol–water partition coefficient (Wildman–Crippen LogP) is 1.90. The SMILES string of the molecule is COC1CN(C(=O)c2ccc(F)c(N)c2)CCC1C. The molecule has 2 unspecified atom stereocenters. The van der Waals surface area contributed by atoms with Crippen LogP contribution in [0.15, 0.2) is 18.2 Å². The van der Waals surface area contributed by atoms with E-state index in [0.29, 0.717) is 24.6 Å². The Bertz CT molecular complexity index is 479. The van der Waals surface area contributed by atoms with Gasteiger partial charge in [-0.3, -0.25) is 4.79 Å². The number of nitrogens with two attached hydrogens (primary N) is 1. The smallest absolute Gasteiger partial charge is 0.254 e. The first-order chi connectivity index (χ1) is 9.02. The zero-order chi connectivity index (χ0) is 14.0. The van der Waals surface area contributed by atoms with Crippen LogP contribution in [0.4, 0.5) is 10.1 Å². The summed E-state index contributed by atoms with van der Waals surface area (Å²) in [5.74, 6) is -0.188. The van der Waals surface area contributed by atoms with Crippen LogP contribution >= 0.6 is 0 Å². The molecule has 1 aromatic rings. The lowest BCUT2D eigenvalue weighted by Crippen LogP contribution is -2.46. The molecular formula is C14H19FN2O2. The Balaban J connectivity index is 2.13. The summed E-state index contributed by atoms with van der Waals surface area (Å²) in [4.78, 5) is 14.1. The van der Waals surface area contributed by atoms with Crippen molar-refractivity contribution in [3.8, 4) is 0 Å². The Kier molecular flexibility index (Phi) is 4.04. The number of ether oxygens (including phenoxy) is 1. The van der Waals surface area contributed by atoms with Gasteiger partial charge in [0.15, 0.2) is 0 Å². The van der Waals surface area contributed by atoms with Gasteiger partial charge in [0.25, 0.3) is 5.91 Å². The number of hydrogen-bond donors (Lipinski definition) is 1. The number of halogens is 1.